The highest BCUT2D eigenvalue weighted by molar-refractivity contribution is 5.62. The van der Waals surface area contributed by atoms with Gasteiger partial charge in [-0.05, 0) is 49.9 Å². The maximum Gasteiger partial charge on any atom is 0.125 e. The molecule has 0 N–H and O–H groups in total. The Morgan fingerprint density at radius 1 is 1.32 bits per heavy atom. The molecule has 0 amide bonds. The van der Waals surface area contributed by atoms with Gasteiger partial charge in [0, 0.05) is 19.3 Å². The number of hydrogen-bond donors (Lipinski definition) is 0. The molecule has 1 aromatic carbocycles. The van der Waals surface area contributed by atoms with Gasteiger partial charge in [-0.25, -0.2) is 0 Å². The normalized spacial score (nSPS) is 11.8. The zero-order valence-corrected chi connectivity index (χ0v) is 12.9. The van der Waals surface area contributed by atoms with Gasteiger partial charge in [-0.1, -0.05) is 6.92 Å². The predicted molar refractivity (Wildman–Crippen MR) is 79.9 cm³/mol. The first-order valence-corrected chi connectivity index (χ1v) is 6.71. The average molecular weight is 260 g/mol. The first-order valence-electron chi connectivity index (χ1n) is 6.71. The lowest BCUT2D eigenvalue weighted by Gasteiger charge is -2.26. The number of methoxy groups -OCH3 is 1. The Hall–Kier alpha value is -1.69. The van der Waals surface area contributed by atoms with Crippen molar-refractivity contribution in [2.75, 3.05) is 25.6 Å². The minimum atomic E-state index is 0.0760. The second-order valence-corrected chi connectivity index (χ2v) is 5.11. The summed E-state index contributed by atoms with van der Waals surface area (Å²) in [6.45, 7) is 9.07. The summed E-state index contributed by atoms with van der Waals surface area (Å²) >= 11 is 0. The van der Waals surface area contributed by atoms with Crippen molar-refractivity contribution in [2.24, 2.45) is 5.92 Å². The van der Waals surface area contributed by atoms with Crippen LogP contribution < -0.4 is 9.64 Å². The summed E-state index contributed by atoms with van der Waals surface area (Å²) in [5, 5.41) is 9.09. The van der Waals surface area contributed by atoms with E-state index >= 15 is 0 Å². The summed E-state index contributed by atoms with van der Waals surface area (Å²) in [5.41, 5.74) is 4.72. The average Bonchev–Trinajstić information content (AvgIpc) is 2.40. The molecule has 1 atom stereocenters. The number of nitriles is 1. The van der Waals surface area contributed by atoms with E-state index in [2.05, 4.69) is 44.7 Å². The lowest BCUT2D eigenvalue weighted by molar-refractivity contribution is 0.408. The van der Waals surface area contributed by atoms with Crippen LogP contribution in [0.5, 0.6) is 5.75 Å². The molecule has 0 saturated heterocycles. The summed E-state index contributed by atoms with van der Waals surface area (Å²) < 4.78 is 5.44. The minimum Gasteiger partial charge on any atom is -0.496 e. The molecule has 0 aliphatic rings. The van der Waals surface area contributed by atoms with E-state index < -0.39 is 0 Å². The van der Waals surface area contributed by atoms with Crippen LogP contribution in [0.25, 0.3) is 0 Å². The molecule has 1 rings (SSSR count). The van der Waals surface area contributed by atoms with Gasteiger partial charge in [-0.15, -0.1) is 0 Å². The summed E-state index contributed by atoms with van der Waals surface area (Å²) in [6, 6.07) is 4.50. The van der Waals surface area contributed by atoms with Crippen LogP contribution in [0.3, 0.4) is 0 Å². The van der Waals surface area contributed by atoms with E-state index in [0.717, 1.165) is 24.3 Å². The molecule has 0 saturated carbocycles. The van der Waals surface area contributed by atoms with E-state index in [9.17, 15) is 0 Å². The number of hydrogen-bond acceptors (Lipinski definition) is 3. The van der Waals surface area contributed by atoms with Gasteiger partial charge in [0.25, 0.3) is 0 Å². The predicted octanol–water partition coefficient (Wildman–Crippen LogP) is 3.61. The number of benzene rings is 1. The van der Waals surface area contributed by atoms with Crippen LogP contribution in [-0.2, 0) is 0 Å². The van der Waals surface area contributed by atoms with Crippen molar-refractivity contribution in [3.63, 3.8) is 0 Å². The molecule has 0 fully saturated rings. The summed E-state index contributed by atoms with van der Waals surface area (Å²) in [5.74, 6) is 1.04. The summed E-state index contributed by atoms with van der Waals surface area (Å²) in [4.78, 5) is 2.17. The van der Waals surface area contributed by atoms with Crippen LogP contribution in [0.15, 0.2) is 6.07 Å². The largest absolute Gasteiger partial charge is 0.496 e. The molecule has 0 aliphatic carbocycles. The molecule has 0 heterocycles. The van der Waals surface area contributed by atoms with Gasteiger partial charge in [0.1, 0.15) is 5.75 Å². The first-order chi connectivity index (χ1) is 8.96. The number of aryl methyl sites for hydroxylation is 1. The highest BCUT2D eigenvalue weighted by Gasteiger charge is 2.15. The second-order valence-electron chi connectivity index (χ2n) is 5.11. The maximum atomic E-state index is 9.09. The van der Waals surface area contributed by atoms with Crippen LogP contribution >= 0.6 is 0 Å². The monoisotopic (exact) mass is 260 g/mol. The van der Waals surface area contributed by atoms with E-state index in [4.69, 9.17) is 10.00 Å². The molecule has 104 valence electrons. The fourth-order valence-corrected chi connectivity index (χ4v) is 2.44. The molecule has 0 bridgehead atoms. The molecule has 0 aromatic heterocycles. The van der Waals surface area contributed by atoms with Crippen LogP contribution in [0.1, 0.15) is 30.0 Å². The lowest BCUT2D eigenvalue weighted by atomic mass is 10.0. The highest BCUT2D eigenvalue weighted by Crippen LogP contribution is 2.33. The quantitative estimate of drug-likeness (QED) is 0.811. The van der Waals surface area contributed by atoms with Gasteiger partial charge < -0.3 is 9.64 Å². The molecular weight excluding hydrogens is 236 g/mol. The van der Waals surface area contributed by atoms with Crippen molar-refractivity contribution >= 4 is 5.69 Å². The van der Waals surface area contributed by atoms with Crippen molar-refractivity contribution in [1.82, 2.24) is 0 Å². The van der Waals surface area contributed by atoms with Crippen LogP contribution in [0.4, 0.5) is 5.69 Å². The summed E-state index contributed by atoms with van der Waals surface area (Å²) in [6.07, 6.45) is 0.883. The van der Waals surface area contributed by atoms with Crippen molar-refractivity contribution in [3.05, 3.63) is 22.8 Å². The number of rotatable bonds is 5. The third-order valence-electron chi connectivity index (χ3n) is 3.78. The van der Waals surface area contributed by atoms with E-state index in [0.29, 0.717) is 0 Å². The van der Waals surface area contributed by atoms with Gasteiger partial charge in [0.15, 0.2) is 0 Å². The Labute approximate surface area is 116 Å². The Bertz CT molecular complexity index is 489. The van der Waals surface area contributed by atoms with E-state index in [1.807, 2.05) is 7.05 Å². The highest BCUT2D eigenvalue weighted by atomic mass is 16.5. The molecule has 19 heavy (non-hydrogen) atoms. The van der Waals surface area contributed by atoms with Crippen molar-refractivity contribution in [3.8, 4) is 11.8 Å². The number of anilines is 1. The van der Waals surface area contributed by atoms with E-state index in [1.54, 1.807) is 7.11 Å². The molecule has 0 aliphatic heterocycles. The van der Waals surface area contributed by atoms with Gasteiger partial charge in [0.05, 0.1) is 19.1 Å². The van der Waals surface area contributed by atoms with Crippen LogP contribution in [0, 0.1) is 38.0 Å². The number of nitrogens with zero attached hydrogens (tertiary/aromatic N) is 2. The molecule has 0 spiro atoms. The Morgan fingerprint density at radius 2 is 1.95 bits per heavy atom. The number of ether oxygens (including phenoxy) is 1. The van der Waals surface area contributed by atoms with Crippen molar-refractivity contribution < 1.29 is 4.74 Å². The standard InChI is InChI=1S/C16H24N2O/c1-7-14(9-17)10-18(5)15-8-11(2)16(19-6)13(4)12(15)3/h8,14H,7,10H2,1-6H3. The van der Waals surface area contributed by atoms with Crippen molar-refractivity contribution in [1.29, 1.82) is 5.26 Å². The minimum absolute atomic E-state index is 0.0760. The van der Waals surface area contributed by atoms with Crippen LogP contribution in [-0.4, -0.2) is 20.7 Å². The van der Waals surface area contributed by atoms with Gasteiger partial charge in [-0.2, -0.15) is 5.26 Å². The van der Waals surface area contributed by atoms with Crippen LogP contribution in [0.2, 0.25) is 0 Å². The zero-order valence-electron chi connectivity index (χ0n) is 12.9. The van der Waals surface area contributed by atoms with Crippen molar-refractivity contribution in [2.45, 2.75) is 34.1 Å². The molecule has 1 unspecified atom stereocenters. The molecule has 3 nitrogen and oxygen atoms in total. The third-order valence-corrected chi connectivity index (χ3v) is 3.78. The summed E-state index contributed by atoms with van der Waals surface area (Å²) in [7, 11) is 3.76. The molecule has 1 aromatic rings. The zero-order chi connectivity index (χ0) is 14.6. The van der Waals surface area contributed by atoms with E-state index in [-0.39, 0.29) is 5.92 Å². The molecule has 3 heteroatoms. The SMILES string of the molecule is CCC(C#N)CN(C)c1cc(C)c(OC)c(C)c1C. The fourth-order valence-electron chi connectivity index (χ4n) is 2.44. The van der Waals surface area contributed by atoms with Gasteiger partial charge >= 0.3 is 0 Å². The van der Waals surface area contributed by atoms with Gasteiger partial charge in [0.2, 0.25) is 0 Å². The maximum absolute atomic E-state index is 9.09. The topological polar surface area (TPSA) is 36.3 Å². The Kier molecular flexibility index (Phi) is 5.23. The second kappa shape index (κ2) is 6.47. The Balaban J connectivity index is 3.11. The van der Waals surface area contributed by atoms with E-state index in [1.165, 1.54) is 16.8 Å². The lowest BCUT2D eigenvalue weighted by Crippen LogP contribution is -2.25. The Morgan fingerprint density at radius 3 is 2.42 bits per heavy atom. The van der Waals surface area contributed by atoms with Gasteiger partial charge in [-0.3, -0.25) is 0 Å². The molecule has 0 radical (unpaired) electrons. The fraction of sp³-hybridized carbons (Fsp3) is 0.562. The third kappa shape index (κ3) is 3.20. The molecular formula is C16H24N2O. The first kappa shape index (κ1) is 15.4. The smallest absolute Gasteiger partial charge is 0.125 e.